The molecule has 5 nitrogen and oxygen atoms in total. The maximum absolute atomic E-state index is 6.06. The Bertz CT molecular complexity index is 1150. The summed E-state index contributed by atoms with van der Waals surface area (Å²) in [4.78, 5) is 4.81. The molecule has 1 atom stereocenters. The lowest BCUT2D eigenvalue weighted by molar-refractivity contribution is 0.211. The van der Waals surface area contributed by atoms with Gasteiger partial charge in [-0.1, -0.05) is 48.2 Å². The summed E-state index contributed by atoms with van der Waals surface area (Å²) in [5, 5.41) is 12.8. The van der Waals surface area contributed by atoms with Gasteiger partial charge < -0.3 is 9.30 Å². The van der Waals surface area contributed by atoms with Gasteiger partial charge in [-0.3, -0.25) is 0 Å². The van der Waals surface area contributed by atoms with E-state index >= 15 is 0 Å². The first-order valence-corrected chi connectivity index (χ1v) is 11.6. The zero-order valence-electron chi connectivity index (χ0n) is 17.5. The van der Waals surface area contributed by atoms with Crippen molar-refractivity contribution in [1.29, 1.82) is 0 Å². The summed E-state index contributed by atoms with van der Waals surface area (Å²) in [6.45, 7) is 6.17. The van der Waals surface area contributed by atoms with Gasteiger partial charge in [0.05, 0.1) is 5.69 Å². The fourth-order valence-electron chi connectivity index (χ4n) is 3.20. The van der Waals surface area contributed by atoms with E-state index in [4.69, 9.17) is 9.72 Å². The normalized spacial score (nSPS) is 12.1. The van der Waals surface area contributed by atoms with Crippen LogP contribution in [0.15, 0.2) is 59.1 Å². The van der Waals surface area contributed by atoms with Crippen molar-refractivity contribution < 1.29 is 4.74 Å². The summed E-state index contributed by atoms with van der Waals surface area (Å²) >= 11 is 3.32. The van der Waals surface area contributed by atoms with Crippen LogP contribution in [0.3, 0.4) is 0 Å². The van der Waals surface area contributed by atoms with Crippen molar-refractivity contribution in [3.8, 4) is 16.3 Å². The molecule has 1 unspecified atom stereocenters. The molecule has 2 aromatic carbocycles. The Hall–Kier alpha value is -2.64. The predicted octanol–water partition coefficient (Wildman–Crippen LogP) is 5.99. The van der Waals surface area contributed by atoms with E-state index < -0.39 is 0 Å². The van der Waals surface area contributed by atoms with E-state index in [1.54, 1.807) is 23.1 Å². The number of ether oxygens (including phenoxy) is 1. The molecule has 0 aliphatic heterocycles. The molecule has 0 amide bonds. The van der Waals surface area contributed by atoms with Crippen molar-refractivity contribution in [3.05, 3.63) is 76.6 Å². The van der Waals surface area contributed by atoms with Crippen LogP contribution in [0.4, 0.5) is 0 Å². The third-order valence-corrected chi connectivity index (χ3v) is 6.79. The topological polar surface area (TPSA) is 52.8 Å². The molecule has 30 heavy (non-hydrogen) atoms. The molecule has 154 valence electrons. The Kier molecular flexibility index (Phi) is 6.20. The van der Waals surface area contributed by atoms with Crippen LogP contribution >= 0.6 is 23.1 Å². The minimum Gasteiger partial charge on any atom is -0.483 e. The molecule has 0 radical (unpaired) electrons. The molecule has 0 fully saturated rings. The Balaban J connectivity index is 1.42. The molecule has 4 aromatic rings. The van der Waals surface area contributed by atoms with Crippen molar-refractivity contribution >= 4 is 23.1 Å². The number of thioether (sulfide) groups is 1. The Morgan fingerprint density at radius 2 is 1.93 bits per heavy atom. The fourth-order valence-corrected chi connectivity index (χ4v) is 5.03. The first kappa shape index (κ1) is 20.6. The van der Waals surface area contributed by atoms with Crippen molar-refractivity contribution in [2.45, 2.75) is 37.8 Å². The molecule has 2 aromatic heterocycles. The highest BCUT2D eigenvalue weighted by Crippen LogP contribution is 2.30. The van der Waals surface area contributed by atoms with Crippen LogP contribution in [-0.2, 0) is 12.8 Å². The summed E-state index contributed by atoms with van der Waals surface area (Å²) in [6, 6.07) is 16.4. The molecule has 0 saturated carbocycles. The average molecular weight is 437 g/mol. The zero-order valence-corrected chi connectivity index (χ0v) is 19.1. The monoisotopic (exact) mass is 436 g/mol. The number of benzene rings is 2. The number of hydrogen-bond acceptors (Lipinski definition) is 6. The van der Waals surface area contributed by atoms with E-state index in [0.29, 0.717) is 0 Å². The molecule has 0 aliphatic rings. The second kappa shape index (κ2) is 9.02. The van der Waals surface area contributed by atoms with Crippen molar-refractivity contribution in [1.82, 2.24) is 19.7 Å². The summed E-state index contributed by atoms with van der Waals surface area (Å²) in [5.41, 5.74) is 4.66. The summed E-state index contributed by atoms with van der Waals surface area (Å²) in [6.07, 6.45) is -0.189. The van der Waals surface area contributed by atoms with Crippen LogP contribution in [0, 0.1) is 13.8 Å². The summed E-state index contributed by atoms with van der Waals surface area (Å²) in [7, 11) is 1.98. The van der Waals surface area contributed by atoms with Crippen molar-refractivity contribution in [2.24, 2.45) is 7.05 Å². The van der Waals surface area contributed by atoms with E-state index in [0.717, 1.165) is 33.2 Å². The predicted molar refractivity (Wildman–Crippen MR) is 123 cm³/mol. The fraction of sp³-hybridized carbons (Fsp3) is 0.261. The Morgan fingerprint density at radius 1 is 1.10 bits per heavy atom. The summed E-state index contributed by atoms with van der Waals surface area (Å²) in [5.74, 6) is 2.39. The molecule has 0 aliphatic carbocycles. The van der Waals surface area contributed by atoms with Gasteiger partial charge in [-0.15, -0.1) is 21.5 Å². The smallest absolute Gasteiger partial charge is 0.191 e. The first-order chi connectivity index (χ1) is 14.5. The molecular weight excluding hydrogens is 412 g/mol. The molecule has 4 rings (SSSR count). The number of aryl methyl sites for hydroxylation is 2. The number of hydrogen-bond donors (Lipinski definition) is 0. The van der Waals surface area contributed by atoms with Gasteiger partial charge in [0.25, 0.3) is 0 Å². The largest absolute Gasteiger partial charge is 0.483 e. The van der Waals surface area contributed by atoms with Gasteiger partial charge in [0, 0.05) is 23.7 Å². The Morgan fingerprint density at radius 3 is 2.73 bits per heavy atom. The van der Waals surface area contributed by atoms with Crippen molar-refractivity contribution in [3.63, 3.8) is 0 Å². The highest BCUT2D eigenvalue weighted by atomic mass is 32.2. The minimum atomic E-state index is -0.189. The lowest BCUT2D eigenvalue weighted by Crippen LogP contribution is -2.10. The zero-order chi connectivity index (χ0) is 21.1. The number of nitrogens with zero attached hydrogens (tertiary/aromatic N) is 4. The van der Waals surface area contributed by atoms with E-state index in [1.165, 1.54) is 16.7 Å². The molecule has 0 saturated heterocycles. The second-order valence-corrected chi connectivity index (χ2v) is 9.02. The third kappa shape index (κ3) is 4.57. The minimum absolute atomic E-state index is 0.189. The van der Waals surface area contributed by atoms with Gasteiger partial charge in [0.1, 0.15) is 10.8 Å². The SMILES string of the molecule is Cc1cccc(OC(C)c2nnc(SCc3csc(-c4ccccc4C)n3)n2C)c1. The van der Waals surface area contributed by atoms with E-state index in [1.807, 2.05) is 36.7 Å². The summed E-state index contributed by atoms with van der Waals surface area (Å²) < 4.78 is 8.06. The van der Waals surface area contributed by atoms with Crippen molar-refractivity contribution in [2.75, 3.05) is 0 Å². The first-order valence-electron chi connectivity index (χ1n) is 9.77. The molecule has 7 heteroatoms. The lowest BCUT2D eigenvalue weighted by atomic mass is 10.1. The number of aromatic nitrogens is 4. The van der Waals surface area contributed by atoms with Gasteiger partial charge in [-0.2, -0.15) is 0 Å². The highest BCUT2D eigenvalue weighted by Gasteiger charge is 2.18. The van der Waals surface area contributed by atoms with Crippen LogP contribution in [-0.4, -0.2) is 19.7 Å². The van der Waals surface area contributed by atoms with Crippen LogP contribution in [0.25, 0.3) is 10.6 Å². The molecule has 0 bridgehead atoms. The van der Waals surface area contributed by atoms with Crippen LogP contribution in [0.2, 0.25) is 0 Å². The number of rotatable bonds is 7. The van der Waals surface area contributed by atoms with E-state index in [9.17, 15) is 0 Å². The lowest BCUT2D eigenvalue weighted by Gasteiger charge is -2.14. The average Bonchev–Trinajstić information content (AvgIpc) is 3.33. The van der Waals surface area contributed by atoms with E-state index in [2.05, 4.69) is 59.8 Å². The maximum atomic E-state index is 6.06. The molecule has 0 N–H and O–H groups in total. The Labute approximate surface area is 185 Å². The van der Waals surface area contributed by atoms with E-state index in [-0.39, 0.29) is 6.10 Å². The van der Waals surface area contributed by atoms with Crippen LogP contribution in [0.5, 0.6) is 5.75 Å². The number of thiazole rings is 1. The van der Waals surface area contributed by atoms with Gasteiger partial charge >= 0.3 is 0 Å². The quantitative estimate of drug-likeness (QED) is 0.333. The van der Waals surface area contributed by atoms with Gasteiger partial charge in [0.2, 0.25) is 0 Å². The second-order valence-electron chi connectivity index (χ2n) is 7.22. The van der Waals surface area contributed by atoms with Gasteiger partial charge in [-0.05, 0) is 44.0 Å². The van der Waals surface area contributed by atoms with Crippen LogP contribution < -0.4 is 4.74 Å². The standard InChI is InChI=1S/C23H24N4OS2/c1-15-8-7-10-19(12-15)28-17(3)21-25-26-23(27(21)4)30-14-18-13-29-22(24-18)20-11-6-5-9-16(20)2/h5-13,17H,14H2,1-4H3. The van der Waals surface area contributed by atoms with Gasteiger partial charge in [0.15, 0.2) is 17.1 Å². The van der Waals surface area contributed by atoms with Gasteiger partial charge in [-0.25, -0.2) is 4.98 Å². The molecular formula is C23H24N4OS2. The highest BCUT2D eigenvalue weighted by molar-refractivity contribution is 7.98. The third-order valence-electron chi connectivity index (χ3n) is 4.81. The molecule has 2 heterocycles. The maximum Gasteiger partial charge on any atom is 0.191 e. The molecule has 0 spiro atoms. The van der Waals surface area contributed by atoms with Crippen LogP contribution in [0.1, 0.15) is 35.7 Å².